The van der Waals surface area contributed by atoms with Crippen molar-refractivity contribution in [2.24, 2.45) is 7.05 Å². The van der Waals surface area contributed by atoms with Crippen LogP contribution in [-0.2, 0) is 13.5 Å². The number of quaternary nitrogens is 1. The van der Waals surface area contributed by atoms with Crippen molar-refractivity contribution in [2.45, 2.75) is 31.7 Å². The average Bonchev–Trinajstić information content (AvgIpc) is 2.72. The number of aromatic nitrogens is 1. The fourth-order valence-electron chi connectivity index (χ4n) is 4.52. The van der Waals surface area contributed by atoms with Crippen molar-refractivity contribution >= 4 is 10.9 Å². The van der Waals surface area contributed by atoms with Crippen molar-refractivity contribution in [3.8, 4) is 0 Å². The van der Waals surface area contributed by atoms with Crippen LogP contribution in [-0.4, -0.2) is 29.2 Å². The smallest absolute Gasteiger partial charge is 0.130 e. The van der Waals surface area contributed by atoms with E-state index in [1.165, 1.54) is 54.2 Å². The van der Waals surface area contributed by atoms with Gasteiger partial charge in [0.1, 0.15) is 6.04 Å². The first-order valence-corrected chi connectivity index (χ1v) is 7.61. The Balaban J connectivity index is 1.98. The predicted molar refractivity (Wildman–Crippen MR) is 79.1 cm³/mol. The highest BCUT2D eigenvalue weighted by molar-refractivity contribution is 5.85. The van der Waals surface area contributed by atoms with E-state index in [9.17, 15) is 0 Å². The molecule has 2 aliphatic rings. The van der Waals surface area contributed by atoms with Crippen LogP contribution >= 0.6 is 0 Å². The lowest BCUT2D eigenvalue weighted by molar-refractivity contribution is -0.946. The third-order valence-corrected chi connectivity index (χ3v) is 5.60. The number of hydrogen-bond acceptors (Lipinski definition) is 0. The summed E-state index contributed by atoms with van der Waals surface area (Å²) in [5.74, 6) is 0. The summed E-state index contributed by atoms with van der Waals surface area (Å²) in [5, 5.41) is 1.50. The van der Waals surface area contributed by atoms with Crippen LogP contribution in [0.3, 0.4) is 0 Å². The van der Waals surface area contributed by atoms with Gasteiger partial charge in [0.25, 0.3) is 0 Å². The summed E-state index contributed by atoms with van der Waals surface area (Å²) < 4.78 is 3.76. The Morgan fingerprint density at radius 3 is 2.89 bits per heavy atom. The summed E-state index contributed by atoms with van der Waals surface area (Å²) in [4.78, 5) is 0. The van der Waals surface area contributed by atoms with E-state index in [0.29, 0.717) is 0 Å². The topological polar surface area (TPSA) is 4.93 Å². The highest BCUT2D eigenvalue weighted by atomic mass is 15.4. The Morgan fingerprint density at radius 1 is 1.16 bits per heavy atom. The molecule has 1 aromatic carbocycles. The molecule has 1 fully saturated rings. The molecule has 2 nitrogen and oxygen atoms in total. The second-order valence-corrected chi connectivity index (χ2v) is 6.63. The van der Waals surface area contributed by atoms with Crippen LogP contribution in [0.15, 0.2) is 24.3 Å². The molecule has 2 atom stereocenters. The van der Waals surface area contributed by atoms with Gasteiger partial charge in [-0.1, -0.05) is 18.2 Å². The Morgan fingerprint density at radius 2 is 2.00 bits per heavy atom. The van der Waals surface area contributed by atoms with E-state index < -0.39 is 0 Å². The molecule has 2 heteroatoms. The number of aryl methyl sites for hydroxylation is 1. The van der Waals surface area contributed by atoms with E-state index >= 15 is 0 Å². The molecule has 0 saturated carbocycles. The first kappa shape index (κ1) is 11.5. The van der Waals surface area contributed by atoms with E-state index in [4.69, 9.17) is 0 Å². The minimum absolute atomic E-state index is 0.731. The molecule has 0 radical (unpaired) electrons. The molecule has 0 spiro atoms. The standard InChI is InChI=1S/C17H23N2/c1-18-15-8-4-3-7-13(15)14-10-12-19(2)11-6-5-9-16(19)17(14)18/h3-4,7-8,16H,5-6,9-12H2,1-2H3/q+1. The summed E-state index contributed by atoms with van der Waals surface area (Å²) in [6.07, 6.45) is 5.43. The highest BCUT2D eigenvalue weighted by Crippen LogP contribution is 2.44. The first-order valence-electron chi connectivity index (χ1n) is 7.61. The van der Waals surface area contributed by atoms with Gasteiger partial charge < -0.3 is 9.05 Å². The van der Waals surface area contributed by atoms with Crippen LogP contribution < -0.4 is 0 Å². The van der Waals surface area contributed by atoms with Crippen LogP contribution in [0.5, 0.6) is 0 Å². The molecule has 0 bridgehead atoms. The second-order valence-electron chi connectivity index (χ2n) is 6.63. The van der Waals surface area contributed by atoms with E-state index in [-0.39, 0.29) is 0 Å². The molecule has 2 aliphatic heterocycles. The van der Waals surface area contributed by atoms with Gasteiger partial charge in [0.2, 0.25) is 0 Å². The number of para-hydroxylation sites is 1. The Kier molecular flexibility index (Phi) is 2.34. The molecule has 1 aromatic heterocycles. The maximum Gasteiger partial charge on any atom is 0.130 e. The minimum atomic E-state index is 0.731. The molecular formula is C17H23N2+. The van der Waals surface area contributed by atoms with Crippen LogP contribution in [0.4, 0.5) is 0 Å². The zero-order valence-corrected chi connectivity index (χ0v) is 12.0. The predicted octanol–water partition coefficient (Wildman–Crippen LogP) is 3.41. The quantitative estimate of drug-likeness (QED) is 0.636. The summed E-state index contributed by atoms with van der Waals surface area (Å²) in [6.45, 7) is 2.69. The Bertz CT molecular complexity index is 640. The van der Waals surface area contributed by atoms with Gasteiger partial charge in [-0.05, 0) is 24.5 Å². The van der Waals surface area contributed by atoms with Gasteiger partial charge in [-0.3, -0.25) is 0 Å². The summed E-state index contributed by atoms with van der Waals surface area (Å²) in [6, 6.07) is 9.68. The zero-order chi connectivity index (χ0) is 13.0. The molecule has 19 heavy (non-hydrogen) atoms. The lowest BCUT2D eigenvalue weighted by Crippen LogP contribution is -2.54. The van der Waals surface area contributed by atoms with Crippen LogP contribution in [0.25, 0.3) is 10.9 Å². The number of rotatable bonds is 0. The Labute approximate surface area is 115 Å². The largest absolute Gasteiger partial charge is 0.342 e. The van der Waals surface area contributed by atoms with Gasteiger partial charge >= 0.3 is 0 Å². The number of hydrogen-bond donors (Lipinski definition) is 0. The van der Waals surface area contributed by atoms with Crippen LogP contribution in [0.2, 0.25) is 0 Å². The van der Waals surface area contributed by atoms with Crippen molar-refractivity contribution in [3.05, 3.63) is 35.5 Å². The van der Waals surface area contributed by atoms with Crippen LogP contribution in [0, 0.1) is 0 Å². The number of benzene rings is 1. The molecule has 0 aliphatic carbocycles. The third kappa shape index (κ3) is 1.47. The molecule has 0 N–H and O–H groups in total. The SMILES string of the molecule is Cn1c2c(c3ccccc31)CC[N+]1(C)CCCCC21. The second kappa shape index (κ2) is 3.86. The summed E-state index contributed by atoms with van der Waals surface area (Å²) >= 11 is 0. The van der Waals surface area contributed by atoms with Crippen molar-refractivity contribution < 1.29 is 4.48 Å². The lowest BCUT2D eigenvalue weighted by atomic mass is 9.88. The lowest BCUT2D eigenvalue weighted by Gasteiger charge is -2.48. The van der Waals surface area contributed by atoms with Crippen molar-refractivity contribution in [3.63, 3.8) is 0 Å². The van der Waals surface area contributed by atoms with E-state index in [2.05, 4.69) is 42.9 Å². The number of fused-ring (bicyclic) bond motifs is 5. The van der Waals surface area contributed by atoms with Crippen molar-refractivity contribution in [1.29, 1.82) is 0 Å². The molecule has 0 amide bonds. The minimum Gasteiger partial charge on any atom is -0.342 e. The number of nitrogens with zero attached hydrogens (tertiary/aromatic N) is 2. The highest BCUT2D eigenvalue weighted by Gasteiger charge is 2.43. The maximum absolute atomic E-state index is 2.48. The number of likely N-dealkylation sites (N-methyl/N-ethyl adjacent to an activating group) is 1. The summed E-state index contributed by atoms with van der Waals surface area (Å²) in [5.41, 5.74) is 4.70. The van der Waals surface area contributed by atoms with Gasteiger partial charge in [-0.2, -0.15) is 0 Å². The van der Waals surface area contributed by atoms with Gasteiger partial charge in [-0.15, -0.1) is 0 Å². The molecule has 2 aromatic rings. The summed E-state index contributed by atoms with van der Waals surface area (Å²) in [7, 11) is 4.75. The average molecular weight is 255 g/mol. The van der Waals surface area contributed by atoms with Crippen molar-refractivity contribution in [2.75, 3.05) is 20.1 Å². The zero-order valence-electron chi connectivity index (χ0n) is 12.0. The normalized spacial score (nSPS) is 30.1. The van der Waals surface area contributed by atoms with Gasteiger partial charge in [0.05, 0.1) is 25.8 Å². The van der Waals surface area contributed by atoms with Gasteiger partial charge in [-0.25, -0.2) is 0 Å². The fraction of sp³-hybridized carbons (Fsp3) is 0.529. The first-order chi connectivity index (χ1) is 9.21. The molecule has 3 heterocycles. The Hall–Kier alpha value is -1.28. The maximum atomic E-state index is 2.48. The third-order valence-electron chi connectivity index (χ3n) is 5.60. The van der Waals surface area contributed by atoms with Crippen molar-refractivity contribution in [1.82, 2.24) is 4.57 Å². The van der Waals surface area contributed by atoms with Gasteiger partial charge in [0, 0.05) is 30.8 Å². The molecule has 4 rings (SSSR count). The molecular weight excluding hydrogens is 232 g/mol. The molecule has 100 valence electrons. The monoisotopic (exact) mass is 255 g/mol. The van der Waals surface area contributed by atoms with E-state index in [1.54, 1.807) is 11.3 Å². The fourth-order valence-corrected chi connectivity index (χ4v) is 4.52. The number of piperidine rings is 1. The molecule has 1 saturated heterocycles. The van der Waals surface area contributed by atoms with E-state index in [1.807, 2.05) is 0 Å². The van der Waals surface area contributed by atoms with E-state index in [0.717, 1.165) is 6.04 Å². The van der Waals surface area contributed by atoms with Crippen LogP contribution in [0.1, 0.15) is 36.6 Å². The molecule has 2 unspecified atom stereocenters. The van der Waals surface area contributed by atoms with Gasteiger partial charge in [0.15, 0.2) is 0 Å².